The average molecular weight is 210 g/mol. The zero-order valence-electron chi connectivity index (χ0n) is 7.60. The fourth-order valence-electron chi connectivity index (χ4n) is 1.28. The number of aryl methyl sites for hydroxylation is 1. The topological polar surface area (TPSA) is 57.5 Å². The molecule has 0 radical (unpaired) electrons. The summed E-state index contributed by atoms with van der Waals surface area (Å²) in [6, 6.07) is 6.95. The number of carbonyl (C=O) groups is 1. The molecular weight excluding hydrogens is 200 g/mol. The predicted molar refractivity (Wildman–Crippen MR) is 56.8 cm³/mol. The molecule has 4 heteroatoms. The van der Waals surface area contributed by atoms with Crippen molar-refractivity contribution in [3.63, 3.8) is 0 Å². The smallest absolute Gasteiger partial charge is 0.319 e. The van der Waals surface area contributed by atoms with E-state index in [1.807, 2.05) is 0 Å². The van der Waals surface area contributed by atoms with Gasteiger partial charge in [-0.05, 0) is 30.3 Å². The minimum atomic E-state index is -1.13. The van der Waals surface area contributed by atoms with E-state index in [0.29, 0.717) is 5.56 Å². The second-order valence-corrected chi connectivity index (χ2v) is 3.38. The monoisotopic (exact) mass is 210 g/mol. The summed E-state index contributed by atoms with van der Waals surface area (Å²) in [7, 11) is 0. The molecule has 0 aliphatic carbocycles. The summed E-state index contributed by atoms with van der Waals surface area (Å²) in [6.45, 7) is 1.78. The standard InChI is InChI=1S/C10H10O3S/c1-6-4-2-3-5-7(6)8(9(11)12)10(13)14/h2-5,8H,1H3,(H,11,12)(H,13,14). The third kappa shape index (κ3) is 2.09. The van der Waals surface area contributed by atoms with Crippen LogP contribution in [0.1, 0.15) is 17.0 Å². The van der Waals surface area contributed by atoms with Crippen molar-refractivity contribution < 1.29 is 15.0 Å². The summed E-state index contributed by atoms with van der Waals surface area (Å²) < 4.78 is 0. The maximum atomic E-state index is 10.8. The van der Waals surface area contributed by atoms with Crippen molar-refractivity contribution in [1.29, 1.82) is 0 Å². The highest BCUT2D eigenvalue weighted by Crippen LogP contribution is 2.20. The first-order valence-electron chi connectivity index (χ1n) is 4.05. The van der Waals surface area contributed by atoms with E-state index in [-0.39, 0.29) is 0 Å². The number of rotatable bonds is 3. The van der Waals surface area contributed by atoms with Gasteiger partial charge in [-0.25, -0.2) is 0 Å². The molecule has 0 saturated carbocycles. The van der Waals surface area contributed by atoms with Gasteiger partial charge in [-0.1, -0.05) is 24.3 Å². The van der Waals surface area contributed by atoms with E-state index >= 15 is 0 Å². The Morgan fingerprint density at radius 1 is 1.36 bits per heavy atom. The SMILES string of the molecule is Cc1ccccc1C(C(=O)O)C(O)=S. The molecule has 0 heterocycles. The van der Waals surface area contributed by atoms with Crippen molar-refractivity contribution in [1.82, 2.24) is 0 Å². The molecule has 1 rings (SSSR count). The summed E-state index contributed by atoms with van der Waals surface area (Å²) in [5.74, 6) is -2.24. The quantitative estimate of drug-likeness (QED) is 0.750. The van der Waals surface area contributed by atoms with Gasteiger partial charge in [0.15, 0.2) is 5.05 Å². The van der Waals surface area contributed by atoms with Crippen LogP contribution in [0.15, 0.2) is 24.3 Å². The van der Waals surface area contributed by atoms with Gasteiger partial charge >= 0.3 is 5.97 Å². The molecule has 0 bridgehead atoms. The van der Waals surface area contributed by atoms with Crippen LogP contribution in [0, 0.1) is 6.92 Å². The van der Waals surface area contributed by atoms with E-state index in [0.717, 1.165) is 5.56 Å². The first kappa shape index (κ1) is 10.7. The first-order valence-corrected chi connectivity index (χ1v) is 4.46. The van der Waals surface area contributed by atoms with E-state index in [1.165, 1.54) is 0 Å². The zero-order valence-corrected chi connectivity index (χ0v) is 8.41. The van der Waals surface area contributed by atoms with Crippen molar-refractivity contribution in [3.05, 3.63) is 35.4 Å². The Morgan fingerprint density at radius 3 is 2.36 bits per heavy atom. The van der Waals surface area contributed by atoms with Gasteiger partial charge in [-0.3, -0.25) is 4.79 Å². The number of carboxylic acid groups (broad SMARTS) is 1. The Labute approximate surface area is 87.0 Å². The van der Waals surface area contributed by atoms with Gasteiger partial charge in [-0.15, -0.1) is 0 Å². The summed E-state index contributed by atoms with van der Waals surface area (Å²) in [6.07, 6.45) is 0. The molecule has 74 valence electrons. The third-order valence-electron chi connectivity index (χ3n) is 1.99. The fourth-order valence-corrected chi connectivity index (χ4v) is 1.51. The number of thiocarbonyl (C=S) groups is 1. The van der Waals surface area contributed by atoms with Gasteiger partial charge in [0, 0.05) is 0 Å². The molecule has 1 aromatic carbocycles. The predicted octanol–water partition coefficient (Wildman–Crippen LogP) is 2.05. The van der Waals surface area contributed by atoms with Crippen LogP contribution < -0.4 is 0 Å². The maximum absolute atomic E-state index is 10.8. The Bertz CT molecular complexity index is 359. The zero-order chi connectivity index (χ0) is 10.7. The van der Waals surface area contributed by atoms with E-state index in [1.54, 1.807) is 31.2 Å². The van der Waals surface area contributed by atoms with Crippen LogP contribution in [0.25, 0.3) is 0 Å². The molecule has 1 aromatic rings. The molecule has 0 spiro atoms. The Morgan fingerprint density at radius 2 is 1.93 bits per heavy atom. The van der Waals surface area contributed by atoms with Gasteiger partial charge in [0.25, 0.3) is 0 Å². The van der Waals surface area contributed by atoms with Crippen LogP contribution in [-0.4, -0.2) is 21.2 Å². The van der Waals surface area contributed by atoms with E-state index in [9.17, 15) is 4.79 Å². The molecular formula is C10H10O3S. The maximum Gasteiger partial charge on any atom is 0.319 e. The van der Waals surface area contributed by atoms with Crippen LogP contribution in [0.5, 0.6) is 0 Å². The lowest BCUT2D eigenvalue weighted by atomic mass is 9.96. The van der Waals surface area contributed by atoms with Crippen LogP contribution in [0.4, 0.5) is 0 Å². The molecule has 0 aromatic heterocycles. The second-order valence-electron chi connectivity index (χ2n) is 2.97. The fraction of sp³-hybridized carbons (Fsp3) is 0.200. The number of hydrogen-bond donors (Lipinski definition) is 2. The number of benzene rings is 1. The molecule has 0 aliphatic rings. The van der Waals surface area contributed by atoms with E-state index in [4.69, 9.17) is 10.2 Å². The first-order chi connectivity index (χ1) is 6.54. The van der Waals surface area contributed by atoms with Crippen LogP contribution >= 0.6 is 12.2 Å². The summed E-state index contributed by atoms with van der Waals surface area (Å²) >= 11 is 4.51. The van der Waals surface area contributed by atoms with Crippen LogP contribution in [-0.2, 0) is 4.79 Å². The molecule has 0 saturated heterocycles. The highest BCUT2D eigenvalue weighted by atomic mass is 32.1. The van der Waals surface area contributed by atoms with E-state index in [2.05, 4.69) is 12.2 Å². The van der Waals surface area contributed by atoms with Crippen LogP contribution in [0.3, 0.4) is 0 Å². The van der Waals surface area contributed by atoms with Crippen LogP contribution in [0.2, 0.25) is 0 Å². The van der Waals surface area contributed by atoms with Gasteiger partial charge in [0.05, 0.1) is 0 Å². The number of aliphatic hydroxyl groups is 1. The van der Waals surface area contributed by atoms with Gasteiger partial charge in [0.1, 0.15) is 5.92 Å². The lowest BCUT2D eigenvalue weighted by Gasteiger charge is -2.12. The molecule has 1 unspecified atom stereocenters. The van der Waals surface area contributed by atoms with E-state index < -0.39 is 16.9 Å². The lowest BCUT2D eigenvalue weighted by Crippen LogP contribution is -2.20. The molecule has 2 N–H and O–H groups in total. The molecule has 0 aliphatic heterocycles. The molecule has 1 atom stereocenters. The van der Waals surface area contributed by atoms with Crippen molar-refractivity contribution in [2.24, 2.45) is 0 Å². The second kappa shape index (κ2) is 4.19. The highest BCUT2D eigenvalue weighted by molar-refractivity contribution is 7.80. The number of aliphatic hydroxyl groups excluding tert-OH is 1. The largest absolute Gasteiger partial charge is 0.501 e. The summed E-state index contributed by atoms with van der Waals surface area (Å²) in [4.78, 5) is 10.8. The molecule has 0 fully saturated rings. The minimum Gasteiger partial charge on any atom is -0.501 e. The van der Waals surface area contributed by atoms with Gasteiger partial charge in [-0.2, -0.15) is 0 Å². The summed E-state index contributed by atoms with van der Waals surface area (Å²) in [5.41, 5.74) is 1.34. The van der Waals surface area contributed by atoms with Crippen molar-refractivity contribution in [3.8, 4) is 0 Å². The Kier molecular flexibility index (Phi) is 3.19. The average Bonchev–Trinajstić information content (AvgIpc) is 2.07. The third-order valence-corrected chi connectivity index (χ3v) is 2.23. The van der Waals surface area contributed by atoms with Crippen molar-refractivity contribution in [2.45, 2.75) is 12.8 Å². The van der Waals surface area contributed by atoms with Crippen molar-refractivity contribution >= 4 is 23.2 Å². The molecule has 0 amide bonds. The van der Waals surface area contributed by atoms with Gasteiger partial charge in [0.2, 0.25) is 0 Å². The summed E-state index contributed by atoms with van der Waals surface area (Å²) in [5, 5.41) is 17.5. The normalized spacial score (nSPS) is 12.1. The lowest BCUT2D eigenvalue weighted by molar-refractivity contribution is -0.137. The van der Waals surface area contributed by atoms with Crippen molar-refractivity contribution in [2.75, 3.05) is 0 Å². The number of hydrogen-bond acceptors (Lipinski definition) is 2. The Hall–Kier alpha value is -1.42. The van der Waals surface area contributed by atoms with Gasteiger partial charge < -0.3 is 10.2 Å². The molecule has 14 heavy (non-hydrogen) atoms. The Balaban J connectivity index is 3.18. The minimum absolute atomic E-state index is 0.508. The number of carboxylic acids is 1. The molecule has 3 nitrogen and oxygen atoms in total. The number of aliphatic carboxylic acids is 1. The highest BCUT2D eigenvalue weighted by Gasteiger charge is 2.25.